The second-order valence-electron chi connectivity index (χ2n) is 20.3. The van der Waals surface area contributed by atoms with E-state index in [1.165, 1.54) is 0 Å². The number of anilines is 1. The van der Waals surface area contributed by atoms with Gasteiger partial charge < -0.3 is 25.5 Å². The Hall–Kier alpha value is -7.49. The molecule has 2 saturated carbocycles. The van der Waals surface area contributed by atoms with E-state index in [9.17, 15) is 9.59 Å². The number of nitrogens with zero attached hydrogens (tertiary/aromatic N) is 4. The molecule has 15 heteroatoms. The van der Waals surface area contributed by atoms with Crippen molar-refractivity contribution in [2.45, 2.75) is 102 Å². The predicted octanol–water partition coefficient (Wildman–Crippen LogP) is 12.5. The standard InChI is InChI=1S/C29H28ClN3O2.C29H31N5O2.H4N2/c1-28(2,3)35-27(34)33-29(15-7-16-29)21-12-10-20(11-13-21)25-22(19-8-5-4-6-9-19)18-23-24(32-25)14-17-31-26(23)30;1-28(2,3)36-27(35)33-29(15-7-16-29)21-12-10-20(11-13-21)25-22(19-8-5-4-6-9-19)18-23-24(32-25)14-17-31-26(23)34-30;1-2/h4-6,8-14,17-18H,7,15-16H2,1-3H3,(H,33,34);4-6,8-14,17-18H,7,15-16,30H2,1-3H3,(H,31,34)(H,33,35);1-2H2. The molecule has 14 nitrogen and oxygen atoms in total. The van der Waals surface area contributed by atoms with Crippen LogP contribution in [0.25, 0.3) is 66.6 Å². The highest BCUT2D eigenvalue weighted by molar-refractivity contribution is 6.34. The molecule has 0 spiro atoms. The summed E-state index contributed by atoms with van der Waals surface area (Å²) in [5.74, 6) is 14.3. The monoisotopic (exact) mass is 998 g/mol. The summed E-state index contributed by atoms with van der Waals surface area (Å²) in [5.41, 5.74) is 12.4. The van der Waals surface area contributed by atoms with Gasteiger partial charge in [-0.2, -0.15) is 0 Å². The van der Waals surface area contributed by atoms with E-state index < -0.39 is 16.7 Å². The van der Waals surface area contributed by atoms with Crippen molar-refractivity contribution < 1.29 is 19.1 Å². The summed E-state index contributed by atoms with van der Waals surface area (Å²) in [6, 6.07) is 44.9. The molecule has 8 aromatic rings. The van der Waals surface area contributed by atoms with E-state index >= 15 is 0 Å². The number of pyridine rings is 4. The summed E-state index contributed by atoms with van der Waals surface area (Å²) in [6.45, 7) is 11.2. The maximum Gasteiger partial charge on any atom is 0.408 e. The summed E-state index contributed by atoms with van der Waals surface area (Å²) >= 11 is 6.39. The topological polar surface area (TPSA) is 218 Å². The third-order valence-electron chi connectivity index (χ3n) is 13.1. The smallest absolute Gasteiger partial charge is 0.408 e. The number of amides is 2. The molecule has 4 heterocycles. The average molecular weight is 1000 g/mol. The van der Waals surface area contributed by atoms with Gasteiger partial charge in [-0.3, -0.25) is 11.7 Å². The highest BCUT2D eigenvalue weighted by Gasteiger charge is 2.42. The first-order valence-electron chi connectivity index (χ1n) is 24.4. The third-order valence-corrected chi connectivity index (χ3v) is 13.4. The number of hydrogen-bond donors (Lipinski definition) is 6. The summed E-state index contributed by atoms with van der Waals surface area (Å²) in [7, 11) is 0. The second kappa shape index (κ2) is 21.7. The molecule has 2 aliphatic rings. The van der Waals surface area contributed by atoms with Crippen molar-refractivity contribution in [3.8, 4) is 44.8 Å². The Labute approximate surface area is 431 Å². The molecule has 0 unspecified atom stereocenters. The highest BCUT2D eigenvalue weighted by atomic mass is 35.5. The van der Waals surface area contributed by atoms with Crippen LogP contribution in [0.2, 0.25) is 5.15 Å². The van der Waals surface area contributed by atoms with E-state index in [1.54, 1.807) is 12.4 Å². The number of carbonyl (C=O) groups excluding carboxylic acids is 2. The van der Waals surface area contributed by atoms with Crippen molar-refractivity contribution in [1.82, 2.24) is 30.6 Å². The van der Waals surface area contributed by atoms with Gasteiger partial charge in [0.2, 0.25) is 0 Å². The molecule has 2 amide bonds. The largest absolute Gasteiger partial charge is 0.444 e. The Balaban J connectivity index is 0.000000189. The second-order valence-corrected chi connectivity index (χ2v) is 20.7. The SMILES string of the molecule is CC(C)(C)OC(=O)NC1(c2ccc(-c3nc4ccnc(Cl)c4cc3-c3ccccc3)cc2)CCC1.CC(C)(C)OC(=O)NC1(c2ccc(-c3nc4ccnc(NN)c4cc3-c3ccccc3)cc2)CCC1.NN. The maximum atomic E-state index is 12.5. The van der Waals surface area contributed by atoms with Crippen molar-refractivity contribution in [1.29, 1.82) is 0 Å². The van der Waals surface area contributed by atoms with Gasteiger partial charge in [0, 0.05) is 45.4 Å². The van der Waals surface area contributed by atoms with Crippen LogP contribution in [0.5, 0.6) is 0 Å². The number of nitrogen functional groups attached to an aromatic ring is 1. The van der Waals surface area contributed by atoms with Gasteiger partial charge in [0.25, 0.3) is 0 Å². The molecule has 10 rings (SSSR count). The first kappa shape index (κ1) is 51.9. The minimum absolute atomic E-state index is 0.380. The summed E-state index contributed by atoms with van der Waals surface area (Å²) in [5, 5.41) is 8.38. The van der Waals surface area contributed by atoms with Crippen LogP contribution in [0.1, 0.15) is 91.2 Å². The highest BCUT2D eigenvalue weighted by Crippen LogP contribution is 2.45. The van der Waals surface area contributed by atoms with Crippen molar-refractivity contribution >= 4 is 51.4 Å². The Bertz CT molecular complexity index is 3210. The Kier molecular flexibility index (Phi) is 15.4. The zero-order valence-electron chi connectivity index (χ0n) is 42.1. The van der Waals surface area contributed by atoms with Crippen LogP contribution in [-0.4, -0.2) is 43.3 Å². The number of fused-ring (bicyclic) bond motifs is 2. The molecule has 73 heavy (non-hydrogen) atoms. The van der Waals surface area contributed by atoms with E-state index in [1.807, 2.05) is 90.1 Å². The molecule has 0 aliphatic heterocycles. The van der Waals surface area contributed by atoms with Crippen LogP contribution >= 0.6 is 11.6 Å². The number of nitrogens with one attached hydrogen (secondary N) is 3. The number of hydrazine groups is 2. The lowest BCUT2D eigenvalue weighted by atomic mass is 9.71. The molecule has 0 saturated heterocycles. The fraction of sp³-hybridized carbons (Fsp3) is 0.276. The van der Waals surface area contributed by atoms with E-state index in [0.717, 1.165) is 116 Å². The molecule has 9 N–H and O–H groups in total. The fourth-order valence-corrected chi connectivity index (χ4v) is 9.52. The van der Waals surface area contributed by atoms with Crippen molar-refractivity contribution in [2.24, 2.45) is 17.5 Å². The molecule has 0 bridgehead atoms. The van der Waals surface area contributed by atoms with E-state index in [-0.39, 0.29) is 17.7 Å². The number of benzene rings is 4. The van der Waals surface area contributed by atoms with Gasteiger partial charge >= 0.3 is 12.2 Å². The van der Waals surface area contributed by atoms with Gasteiger partial charge in [0.05, 0.1) is 33.5 Å². The lowest BCUT2D eigenvalue weighted by Gasteiger charge is -2.43. The van der Waals surface area contributed by atoms with Gasteiger partial charge in [-0.25, -0.2) is 35.4 Å². The number of alkyl carbamates (subject to hydrolysis) is 2. The maximum absolute atomic E-state index is 12.5. The summed E-state index contributed by atoms with van der Waals surface area (Å²) < 4.78 is 11.1. The molecule has 376 valence electrons. The lowest BCUT2D eigenvalue weighted by Crippen LogP contribution is -2.52. The van der Waals surface area contributed by atoms with E-state index in [2.05, 4.69) is 123 Å². The Morgan fingerprint density at radius 3 is 1.33 bits per heavy atom. The number of nitrogens with two attached hydrogens (primary N) is 3. The minimum atomic E-state index is -0.538. The zero-order chi connectivity index (χ0) is 52.0. The number of carbonyl (C=O) groups is 2. The number of hydrogen-bond acceptors (Lipinski definition) is 12. The van der Waals surface area contributed by atoms with E-state index in [4.69, 9.17) is 36.9 Å². The molecule has 0 atom stereocenters. The average Bonchev–Trinajstić information content (AvgIpc) is 3.36. The van der Waals surface area contributed by atoms with Crippen LogP contribution in [0, 0.1) is 0 Å². The third kappa shape index (κ3) is 11.7. The normalized spacial score (nSPS) is 14.4. The number of rotatable bonds is 9. The van der Waals surface area contributed by atoms with Crippen molar-refractivity contribution in [2.75, 3.05) is 5.43 Å². The molecule has 2 fully saturated rings. The van der Waals surface area contributed by atoms with Crippen LogP contribution in [-0.2, 0) is 20.6 Å². The molecule has 2 aliphatic carbocycles. The summed E-state index contributed by atoms with van der Waals surface area (Å²) in [6.07, 6.45) is 8.29. The molecular formula is C58H63ClN10O4. The van der Waals surface area contributed by atoms with Crippen molar-refractivity contribution in [3.05, 3.63) is 162 Å². The fourth-order valence-electron chi connectivity index (χ4n) is 9.31. The quantitative estimate of drug-likeness (QED) is 0.0452. The Morgan fingerprint density at radius 2 is 0.945 bits per heavy atom. The Morgan fingerprint density at radius 1 is 0.548 bits per heavy atom. The lowest BCUT2D eigenvalue weighted by molar-refractivity contribution is 0.0365. The van der Waals surface area contributed by atoms with Gasteiger partial charge in [-0.15, -0.1) is 0 Å². The minimum Gasteiger partial charge on any atom is -0.444 e. The van der Waals surface area contributed by atoms with Crippen LogP contribution in [0.15, 0.2) is 146 Å². The van der Waals surface area contributed by atoms with Gasteiger partial charge in [-0.05, 0) is 127 Å². The predicted molar refractivity (Wildman–Crippen MR) is 292 cm³/mol. The number of ether oxygens (including phenoxy) is 2. The van der Waals surface area contributed by atoms with Gasteiger partial charge in [0.15, 0.2) is 0 Å². The number of halogens is 1. The molecule has 4 aromatic heterocycles. The van der Waals surface area contributed by atoms with Crippen LogP contribution < -0.4 is 33.6 Å². The van der Waals surface area contributed by atoms with Gasteiger partial charge in [-0.1, -0.05) is 121 Å². The molecule has 0 radical (unpaired) electrons. The molecule has 4 aromatic carbocycles. The van der Waals surface area contributed by atoms with Crippen LogP contribution in [0.4, 0.5) is 15.4 Å². The van der Waals surface area contributed by atoms with Crippen LogP contribution in [0.3, 0.4) is 0 Å². The van der Waals surface area contributed by atoms with Gasteiger partial charge in [0.1, 0.15) is 22.2 Å². The summed E-state index contributed by atoms with van der Waals surface area (Å²) in [4.78, 5) is 43.6. The number of aromatic nitrogens is 4. The van der Waals surface area contributed by atoms with E-state index in [0.29, 0.717) is 11.0 Å². The van der Waals surface area contributed by atoms with Crippen molar-refractivity contribution in [3.63, 3.8) is 0 Å². The molecular weight excluding hydrogens is 936 g/mol. The first-order chi connectivity index (χ1) is 35.0. The first-order valence-corrected chi connectivity index (χ1v) is 24.8. The zero-order valence-corrected chi connectivity index (χ0v) is 42.9.